The Morgan fingerprint density at radius 2 is 2.00 bits per heavy atom. The van der Waals surface area contributed by atoms with Gasteiger partial charge < -0.3 is 10.0 Å². The number of halogens is 1. The lowest BCUT2D eigenvalue weighted by atomic mass is 10.1. The van der Waals surface area contributed by atoms with Gasteiger partial charge in [-0.3, -0.25) is 9.59 Å². The summed E-state index contributed by atoms with van der Waals surface area (Å²) in [5.74, 6) is -1.56. The smallest absolute Gasteiger partial charge is 0.308 e. The number of nitrogens with zero attached hydrogens (tertiary/aromatic N) is 1. The van der Waals surface area contributed by atoms with Crippen LogP contribution in [0.2, 0.25) is 0 Å². The van der Waals surface area contributed by atoms with Gasteiger partial charge >= 0.3 is 5.97 Å². The summed E-state index contributed by atoms with van der Waals surface area (Å²) >= 11 is 2.11. The summed E-state index contributed by atoms with van der Waals surface area (Å²) in [6, 6.07) is 7.30. The van der Waals surface area contributed by atoms with Gasteiger partial charge in [0.1, 0.15) is 0 Å². The van der Waals surface area contributed by atoms with E-state index in [0.29, 0.717) is 12.1 Å². The maximum absolute atomic E-state index is 12.3. The first-order valence-corrected chi connectivity index (χ1v) is 6.81. The largest absolute Gasteiger partial charge is 0.481 e. The maximum Gasteiger partial charge on any atom is 0.308 e. The zero-order valence-electron chi connectivity index (χ0n) is 10.4. The summed E-state index contributed by atoms with van der Waals surface area (Å²) in [4.78, 5) is 24.7. The number of rotatable bonds is 5. The average molecular weight is 361 g/mol. The third-order valence-corrected chi connectivity index (χ3v) is 3.63. The molecule has 1 aromatic rings. The Labute approximate surface area is 120 Å². The summed E-state index contributed by atoms with van der Waals surface area (Å²) in [6.07, 6.45) is 0. The molecule has 1 rings (SSSR count). The lowest BCUT2D eigenvalue weighted by Crippen LogP contribution is -2.37. The van der Waals surface area contributed by atoms with Gasteiger partial charge in [0.2, 0.25) is 0 Å². The highest BCUT2D eigenvalue weighted by molar-refractivity contribution is 14.1. The predicted octanol–water partition coefficient (Wildman–Crippen LogP) is 2.47. The molecule has 0 aliphatic carbocycles. The molecule has 0 heterocycles. The summed E-state index contributed by atoms with van der Waals surface area (Å²) in [5.41, 5.74) is 0.623. The van der Waals surface area contributed by atoms with Crippen molar-refractivity contribution < 1.29 is 14.7 Å². The van der Waals surface area contributed by atoms with E-state index in [9.17, 15) is 9.59 Å². The number of aliphatic carboxylic acids is 1. The number of benzene rings is 1. The molecule has 4 nitrogen and oxygen atoms in total. The fourth-order valence-corrected chi connectivity index (χ4v) is 2.19. The van der Waals surface area contributed by atoms with Crippen molar-refractivity contribution in [2.24, 2.45) is 5.92 Å². The molecular weight excluding hydrogens is 345 g/mol. The predicted molar refractivity (Wildman–Crippen MR) is 77.5 cm³/mol. The zero-order chi connectivity index (χ0) is 13.7. The van der Waals surface area contributed by atoms with Crippen molar-refractivity contribution in [3.8, 4) is 0 Å². The fraction of sp³-hybridized carbons (Fsp3) is 0.385. The number of carboxylic acids is 1. The number of hydrogen-bond acceptors (Lipinski definition) is 2. The van der Waals surface area contributed by atoms with E-state index in [1.165, 1.54) is 0 Å². The normalized spacial score (nSPS) is 11.9. The third kappa shape index (κ3) is 3.69. The van der Waals surface area contributed by atoms with Gasteiger partial charge in [-0.1, -0.05) is 19.1 Å². The Balaban J connectivity index is 2.86. The topological polar surface area (TPSA) is 57.6 Å². The summed E-state index contributed by atoms with van der Waals surface area (Å²) in [5, 5.41) is 8.89. The van der Waals surface area contributed by atoms with E-state index in [0.717, 1.165) is 3.57 Å². The van der Waals surface area contributed by atoms with Crippen LogP contribution in [0, 0.1) is 9.49 Å². The maximum atomic E-state index is 12.3. The van der Waals surface area contributed by atoms with E-state index in [2.05, 4.69) is 22.6 Å². The van der Waals surface area contributed by atoms with Crippen LogP contribution in [0.25, 0.3) is 0 Å². The molecule has 0 aromatic heterocycles. The standard InChI is InChI=1S/C13H16INO3/c1-3-15(8-9(2)13(17)18)12(16)10-6-4-5-7-11(10)14/h4-7,9H,3,8H2,1-2H3,(H,17,18). The fourth-order valence-electron chi connectivity index (χ4n) is 1.57. The Hall–Kier alpha value is -1.11. The quantitative estimate of drug-likeness (QED) is 0.820. The van der Waals surface area contributed by atoms with Gasteiger partial charge in [0.15, 0.2) is 0 Å². The molecule has 0 radical (unpaired) electrons. The van der Waals surface area contributed by atoms with E-state index in [1.54, 1.807) is 17.9 Å². The van der Waals surface area contributed by atoms with Crippen LogP contribution in [0.5, 0.6) is 0 Å². The number of hydrogen-bond donors (Lipinski definition) is 1. The van der Waals surface area contributed by atoms with Crippen molar-refractivity contribution in [3.05, 3.63) is 33.4 Å². The molecule has 98 valence electrons. The van der Waals surface area contributed by atoms with Crippen LogP contribution in [0.15, 0.2) is 24.3 Å². The molecule has 0 aliphatic rings. The number of amides is 1. The van der Waals surface area contributed by atoms with Crippen LogP contribution in [0.4, 0.5) is 0 Å². The van der Waals surface area contributed by atoms with Crippen LogP contribution < -0.4 is 0 Å². The van der Waals surface area contributed by atoms with Gasteiger partial charge in [-0.2, -0.15) is 0 Å². The second kappa shape index (κ2) is 6.72. The van der Waals surface area contributed by atoms with Gasteiger partial charge in [-0.05, 0) is 41.6 Å². The van der Waals surface area contributed by atoms with Crippen molar-refractivity contribution >= 4 is 34.5 Å². The molecule has 0 bridgehead atoms. The molecular formula is C13H16INO3. The number of carboxylic acid groups (broad SMARTS) is 1. The minimum Gasteiger partial charge on any atom is -0.481 e. The van der Waals surface area contributed by atoms with Gasteiger partial charge in [0, 0.05) is 16.7 Å². The van der Waals surface area contributed by atoms with Crippen LogP contribution in [-0.4, -0.2) is 35.0 Å². The first-order valence-electron chi connectivity index (χ1n) is 5.74. The van der Waals surface area contributed by atoms with Crippen LogP contribution in [0.3, 0.4) is 0 Å². The molecule has 1 atom stereocenters. The van der Waals surface area contributed by atoms with Gasteiger partial charge in [0.25, 0.3) is 5.91 Å². The number of carbonyl (C=O) groups excluding carboxylic acids is 1. The molecule has 0 saturated heterocycles. The van der Waals surface area contributed by atoms with Crippen molar-refractivity contribution in [2.75, 3.05) is 13.1 Å². The van der Waals surface area contributed by atoms with Gasteiger partial charge in [0.05, 0.1) is 11.5 Å². The van der Waals surface area contributed by atoms with E-state index in [4.69, 9.17) is 5.11 Å². The molecule has 0 aliphatic heterocycles. The number of carbonyl (C=O) groups is 2. The molecule has 0 fully saturated rings. The van der Waals surface area contributed by atoms with E-state index in [-0.39, 0.29) is 12.5 Å². The Bertz CT molecular complexity index is 448. The van der Waals surface area contributed by atoms with Gasteiger partial charge in [-0.25, -0.2) is 0 Å². The molecule has 1 unspecified atom stereocenters. The first kappa shape index (κ1) is 14.9. The third-order valence-electron chi connectivity index (χ3n) is 2.69. The summed E-state index contributed by atoms with van der Waals surface area (Å²) in [6.45, 7) is 4.19. The molecule has 1 N–H and O–H groups in total. The highest BCUT2D eigenvalue weighted by Crippen LogP contribution is 2.15. The highest BCUT2D eigenvalue weighted by atomic mass is 127. The summed E-state index contributed by atoms with van der Waals surface area (Å²) in [7, 11) is 0. The van der Waals surface area contributed by atoms with E-state index < -0.39 is 11.9 Å². The second-order valence-corrected chi connectivity index (χ2v) is 5.23. The second-order valence-electron chi connectivity index (χ2n) is 4.06. The molecule has 1 amide bonds. The Kier molecular flexibility index (Phi) is 5.58. The Morgan fingerprint density at radius 1 is 1.39 bits per heavy atom. The Morgan fingerprint density at radius 3 is 2.50 bits per heavy atom. The molecule has 18 heavy (non-hydrogen) atoms. The molecule has 0 saturated carbocycles. The lowest BCUT2D eigenvalue weighted by Gasteiger charge is -2.23. The SMILES string of the molecule is CCN(CC(C)C(=O)O)C(=O)c1ccccc1I. The first-order chi connectivity index (χ1) is 8.47. The zero-order valence-corrected chi connectivity index (χ0v) is 12.5. The van der Waals surface area contributed by atoms with Crippen molar-refractivity contribution in [3.63, 3.8) is 0 Å². The minimum atomic E-state index is -0.885. The molecule has 5 heteroatoms. The monoisotopic (exact) mass is 361 g/mol. The van der Waals surface area contributed by atoms with Crippen molar-refractivity contribution in [1.82, 2.24) is 4.90 Å². The van der Waals surface area contributed by atoms with Crippen molar-refractivity contribution in [2.45, 2.75) is 13.8 Å². The minimum absolute atomic E-state index is 0.115. The van der Waals surface area contributed by atoms with E-state index >= 15 is 0 Å². The summed E-state index contributed by atoms with van der Waals surface area (Å²) < 4.78 is 0.876. The molecule has 0 spiro atoms. The highest BCUT2D eigenvalue weighted by Gasteiger charge is 2.21. The van der Waals surface area contributed by atoms with Crippen molar-refractivity contribution in [1.29, 1.82) is 0 Å². The van der Waals surface area contributed by atoms with Crippen LogP contribution in [-0.2, 0) is 4.79 Å². The lowest BCUT2D eigenvalue weighted by molar-refractivity contribution is -0.141. The van der Waals surface area contributed by atoms with Crippen LogP contribution >= 0.6 is 22.6 Å². The van der Waals surface area contributed by atoms with Gasteiger partial charge in [-0.15, -0.1) is 0 Å². The van der Waals surface area contributed by atoms with Crippen LogP contribution in [0.1, 0.15) is 24.2 Å². The van der Waals surface area contributed by atoms with E-state index in [1.807, 2.05) is 25.1 Å². The average Bonchev–Trinajstić information content (AvgIpc) is 2.35. The molecule has 1 aromatic carbocycles.